The number of alkyl halides is 1. The Bertz CT molecular complexity index is 511. The van der Waals surface area contributed by atoms with Gasteiger partial charge in [-0.25, -0.2) is 0 Å². The molecule has 1 aliphatic rings. The van der Waals surface area contributed by atoms with E-state index in [9.17, 15) is 4.79 Å². The number of nitrogens with zero attached hydrogens (tertiary/aromatic N) is 1. The monoisotopic (exact) mass is 382 g/mol. The summed E-state index contributed by atoms with van der Waals surface area (Å²) >= 11 is 3.35. The summed E-state index contributed by atoms with van der Waals surface area (Å²) in [4.78, 5) is 14.4. The van der Waals surface area contributed by atoms with E-state index in [1.807, 2.05) is 38.1 Å². The predicted molar refractivity (Wildman–Crippen MR) is 98.5 cm³/mol. The molecule has 0 spiro atoms. The zero-order valence-corrected chi connectivity index (χ0v) is 15.9. The van der Waals surface area contributed by atoms with Gasteiger partial charge < -0.3 is 10.1 Å². The first-order valence-corrected chi connectivity index (χ1v) is 9.13. The minimum Gasteiger partial charge on any atom is -0.492 e. The van der Waals surface area contributed by atoms with E-state index in [0.717, 1.165) is 18.0 Å². The van der Waals surface area contributed by atoms with Crippen LogP contribution in [0.15, 0.2) is 24.3 Å². The number of halogens is 1. The number of likely N-dealkylation sites (tertiary alicyclic amines) is 1. The highest BCUT2D eigenvalue weighted by molar-refractivity contribution is 9.10. The number of rotatable bonds is 6. The van der Waals surface area contributed by atoms with Crippen molar-refractivity contribution in [3.8, 4) is 5.75 Å². The van der Waals surface area contributed by atoms with Crippen molar-refractivity contribution >= 4 is 27.5 Å². The second kappa shape index (κ2) is 8.15. The van der Waals surface area contributed by atoms with Gasteiger partial charge in [0, 0.05) is 18.3 Å². The molecule has 0 aliphatic carbocycles. The van der Waals surface area contributed by atoms with Crippen molar-refractivity contribution in [1.29, 1.82) is 0 Å². The van der Waals surface area contributed by atoms with E-state index in [2.05, 4.69) is 33.1 Å². The Kier molecular flexibility index (Phi) is 6.48. The normalized spacial score (nSPS) is 19.4. The zero-order chi connectivity index (χ0) is 16.9. The Hall–Kier alpha value is -1.07. The lowest BCUT2D eigenvalue weighted by molar-refractivity contribution is -0.117. The molecule has 1 N–H and O–H groups in total. The summed E-state index contributed by atoms with van der Waals surface area (Å²) in [5.41, 5.74) is 0.777. The van der Waals surface area contributed by atoms with E-state index < -0.39 is 4.32 Å². The van der Waals surface area contributed by atoms with Crippen molar-refractivity contribution in [2.75, 3.05) is 25.0 Å². The van der Waals surface area contributed by atoms with Gasteiger partial charge in [0.1, 0.15) is 12.4 Å². The maximum Gasteiger partial charge on any atom is 0.240 e. The highest BCUT2D eigenvalue weighted by Crippen LogP contribution is 2.21. The number of carbonyl (C=O) groups excluding carboxylic acids is 1. The molecule has 0 radical (unpaired) electrons. The van der Waals surface area contributed by atoms with Crippen LogP contribution in [0.25, 0.3) is 0 Å². The molecule has 1 heterocycles. The number of nitrogens with one attached hydrogen (secondary N) is 1. The van der Waals surface area contributed by atoms with Gasteiger partial charge in [0.05, 0.1) is 4.32 Å². The quantitative estimate of drug-likeness (QED) is 0.754. The largest absolute Gasteiger partial charge is 0.492 e. The molecule has 0 bridgehead atoms. The van der Waals surface area contributed by atoms with Crippen molar-refractivity contribution in [3.05, 3.63) is 24.3 Å². The van der Waals surface area contributed by atoms with Crippen LogP contribution < -0.4 is 10.1 Å². The van der Waals surface area contributed by atoms with Crippen molar-refractivity contribution < 1.29 is 9.53 Å². The first-order valence-electron chi connectivity index (χ1n) is 8.33. The van der Waals surface area contributed by atoms with E-state index in [1.54, 1.807) is 0 Å². The molecule has 1 fully saturated rings. The van der Waals surface area contributed by atoms with Crippen LogP contribution >= 0.6 is 15.9 Å². The van der Waals surface area contributed by atoms with Gasteiger partial charge >= 0.3 is 0 Å². The molecule has 0 unspecified atom stereocenters. The molecule has 5 heteroatoms. The second-order valence-corrected chi connectivity index (χ2v) is 8.66. The van der Waals surface area contributed by atoms with Crippen molar-refractivity contribution in [3.63, 3.8) is 0 Å². The summed E-state index contributed by atoms with van der Waals surface area (Å²) in [6.45, 7) is 8.78. The van der Waals surface area contributed by atoms with Crippen LogP contribution in [0.2, 0.25) is 0 Å². The summed E-state index contributed by atoms with van der Waals surface area (Å²) in [5.74, 6) is 0.774. The number of hydrogen-bond donors (Lipinski definition) is 1. The van der Waals surface area contributed by atoms with Crippen LogP contribution in [0.5, 0.6) is 5.75 Å². The van der Waals surface area contributed by atoms with Gasteiger partial charge in [-0.1, -0.05) is 22.4 Å². The Morgan fingerprint density at radius 1 is 1.35 bits per heavy atom. The number of anilines is 1. The summed E-state index contributed by atoms with van der Waals surface area (Å²) in [5, 5.41) is 2.87. The molecule has 1 aliphatic heterocycles. The van der Waals surface area contributed by atoms with Crippen LogP contribution in [0.3, 0.4) is 0 Å². The maximum atomic E-state index is 11.9. The average Bonchev–Trinajstić information content (AvgIpc) is 2.50. The molecule has 4 nitrogen and oxygen atoms in total. The number of hydrogen-bond acceptors (Lipinski definition) is 3. The van der Waals surface area contributed by atoms with E-state index in [1.165, 1.54) is 25.8 Å². The Labute approximate surface area is 147 Å². The van der Waals surface area contributed by atoms with Gasteiger partial charge in [-0.2, -0.15) is 0 Å². The second-order valence-electron chi connectivity index (χ2n) is 6.68. The first kappa shape index (κ1) is 18.3. The number of benzene rings is 1. The molecular formula is C18H27BrN2O2. The summed E-state index contributed by atoms with van der Waals surface area (Å²) in [7, 11) is 0. The topological polar surface area (TPSA) is 41.6 Å². The van der Waals surface area contributed by atoms with E-state index in [4.69, 9.17) is 4.74 Å². The number of piperidine rings is 1. The minimum absolute atomic E-state index is 0.0646. The van der Waals surface area contributed by atoms with E-state index in [0.29, 0.717) is 12.6 Å². The van der Waals surface area contributed by atoms with E-state index in [-0.39, 0.29) is 5.91 Å². The zero-order valence-electron chi connectivity index (χ0n) is 14.3. The fraction of sp³-hybridized carbons (Fsp3) is 0.611. The molecule has 2 rings (SSSR count). The molecule has 1 aromatic carbocycles. The molecule has 1 atom stereocenters. The van der Waals surface area contributed by atoms with Crippen LogP contribution in [-0.2, 0) is 4.79 Å². The third kappa shape index (κ3) is 5.81. The van der Waals surface area contributed by atoms with Gasteiger partial charge in [0.25, 0.3) is 0 Å². The van der Waals surface area contributed by atoms with Crippen LogP contribution in [0, 0.1) is 0 Å². The van der Waals surface area contributed by atoms with Crippen LogP contribution in [0.1, 0.15) is 40.0 Å². The van der Waals surface area contributed by atoms with Crippen molar-refractivity contribution in [2.45, 2.75) is 50.4 Å². The minimum atomic E-state index is -0.576. The van der Waals surface area contributed by atoms with Gasteiger partial charge in [-0.05, 0) is 64.4 Å². The summed E-state index contributed by atoms with van der Waals surface area (Å²) in [6.07, 6.45) is 3.93. The smallest absolute Gasteiger partial charge is 0.240 e. The van der Waals surface area contributed by atoms with Crippen LogP contribution in [0.4, 0.5) is 5.69 Å². The van der Waals surface area contributed by atoms with Gasteiger partial charge in [0.2, 0.25) is 5.91 Å². The highest BCUT2D eigenvalue weighted by Gasteiger charge is 2.23. The standard InChI is InChI=1S/C18H27BrN2O2/c1-14-6-4-5-11-21(14)12-13-23-16-9-7-15(8-10-16)20-17(22)18(2,3)19/h7-10,14H,4-6,11-13H2,1-3H3,(H,20,22)/t14-/m1/s1. The molecule has 0 saturated carbocycles. The number of carbonyl (C=O) groups is 1. The average molecular weight is 383 g/mol. The lowest BCUT2D eigenvalue weighted by Gasteiger charge is -2.33. The fourth-order valence-electron chi connectivity index (χ4n) is 2.68. The van der Waals surface area contributed by atoms with Crippen LogP contribution in [-0.4, -0.2) is 40.9 Å². The molecule has 23 heavy (non-hydrogen) atoms. The summed E-state index contributed by atoms with van der Waals surface area (Å²) in [6, 6.07) is 8.20. The third-order valence-electron chi connectivity index (χ3n) is 4.24. The predicted octanol–water partition coefficient (Wildman–Crippen LogP) is 4.05. The Balaban J connectivity index is 1.77. The SMILES string of the molecule is C[C@@H]1CCCCN1CCOc1ccc(NC(=O)C(C)(C)Br)cc1. The molecular weight excluding hydrogens is 356 g/mol. The lowest BCUT2D eigenvalue weighted by Crippen LogP contribution is -2.39. The molecule has 1 aromatic rings. The first-order chi connectivity index (χ1) is 10.9. The van der Waals surface area contributed by atoms with Crippen molar-refractivity contribution in [1.82, 2.24) is 4.90 Å². The van der Waals surface area contributed by atoms with Gasteiger partial charge in [-0.3, -0.25) is 9.69 Å². The Morgan fingerprint density at radius 3 is 2.65 bits per heavy atom. The summed E-state index contributed by atoms with van der Waals surface area (Å²) < 4.78 is 5.24. The lowest BCUT2D eigenvalue weighted by atomic mass is 10.0. The molecule has 128 valence electrons. The van der Waals surface area contributed by atoms with Crippen molar-refractivity contribution in [2.24, 2.45) is 0 Å². The third-order valence-corrected chi connectivity index (χ3v) is 4.60. The number of amides is 1. The maximum absolute atomic E-state index is 11.9. The molecule has 1 saturated heterocycles. The molecule has 1 amide bonds. The Morgan fingerprint density at radius 2 is 2.04 bits per heavy atom. The molecule has 0 aromatic heterocycles. The number of ether oxygens (including phenoxy) is 1. The van der Waals surface area contributed by atoms with Gasteiger partial charge in [0.15, 0.2) is 0 Å². The van der Waals surface area contributed by atoms with E-state index >= 15 is 0 Å². The van der Waals surface area contributed by atoms with Gasteiger partial charge in [-0.15, -0.1) is 0 Å². The fourth-order valence-corrected chi connectivity index (χ4v) is 2.78. The highest BCUT2D eigenvalue weighted by atomic mass is 79.9.